The predicted octanol–water partition coefficient (Wildman–Crippen LogP) is 7.41. The Morgan fingerprint density at radius 2 is 1.24 bits per heavy atom. The van der Waals surface area contributed by atoms with Gasteiger partial charge in [0.2, 0.25) is 0 Å². The number of benzene rings is 3. The van der Waals surface area contributed by atoms with E-state index in [1.807, 2.05) is 13.0 Å². The molecule has 3 rings (SSSR count). The lowest BCUT2D eigenvalue weighted by Gasteiger charge is -2.13. The predicted molar refractivity (Wildman–Crippen MR) is 112 cm³/mol. The SMILES string of the molecule is C=C.C=C/C(=C\C)c1ccc(-c2ccccc2)c(-c2ccccc2)c1. The molecule has 0 atom stereocenters. The molecule has 0 radical (unpaired) electrons. The van der Waals surface area contributed by atoms with E-state index in [-0.39, 0.29) is 0 Å². The van der Waals surface area contributed by atoms with Crippen LogP contribution in [0.15, 0.2) is 111 Å². The molecule has 0 aromatic heterocycles. The van der Waals surface area contributed by atoms with Gasteiger partial charge in [0.15, 0.2) is 0 Å². The maximum atomic E-state index is 3.92. The van der Waals surface area contributed by atoms with E-state index in [4.69, 9.17) is 0 Å². The Labute approximate surface area is 151 Å². The van der Waals surface area contributed by atoms with E-state index in [1.54, 1.807) is 0 Å². The number of hydrogen-bond acceptors (Lipinski definition) is 0. The first-order chi connectivity index (χ1) is 12.3. The summed E-state index contributed by atoms with van der Waals surface area (Å²) in [6, 6.07) is 27.7. The van der Waals surface area contributed by atoms with Crippen molar-refractivity contribution >= 4 is 5.57 Å². The summed E-state index contributed by atoms with van der Waals surface area (Å²) in [6.07, 6.45) is 4.01. The van der Waals surface area contributed by atoms with E-state index in [0.717, 1.165) is 5.57 Å². The summed E-state index contributed by atoms with van der Waals surface area (Å²) in [4.78, 5) is 0. The van der Waals surface area contributed by atoms with Crippen molar-refractivity contribution in [2.45, 2.75) is 6.92 Å². The van der Waals surface area contributed by atoms with E-state index in [0.29, 0.717) is 0 Å². The van der Waals surface area contributed by atoms with E-state index in [9.17, 15) is 0 Å². The molecule has 0 heterocycles. The van der Waals surface area contributed by atoms with Crippen molar-refractivity contribution in [3.8, 4) is 22.3 Å². The molecule has 3 aromatic carbocycles. The summed E-state index contributed by atoms with van der Waals surface area (Å²) < 4.78 is 0. The lowest BCUT2D eigenvalue weighted by Crippen LogP contribution is -1.89. The highest BCUT2D eigenvalue weighted by molar-refractivity contribution is 5.87. The van der Waals surface area contributed by atoms with Crippen molar-refractivity contribution in [1.29, 1.82) is 0 Å². The normalized spacial score (nSPS) is 10.5. The van der Waals surface area contributed by atoms with Crippen molar-refractivity contribution in [2.75, 3.05) is 0 Å². The van der Waals surface area contributed by atoms with E-state index in [2.05, 4.69) is 105 Å². The van der Waals surface area contributed by atoms with Crippen LogP contribution in [0.5, 0.6) is 0 Å². The largest absolute Gasteiger partial charge is 0.106 e. The molecule has 0 aliphatic heterocycles. The van der Waals surface area contributed by atoms with Crippen LogP contribution >= 0.6 is 0 Å². The van der Waals surface area contributed by atoms with Gasteiger partial charge < -0.3 is 0 Å². The fourth-order valence-corrected chi connectivity index (χ4v) is 2.85. The molecule has 0 heteroatoms. The summed E-state index contributed by atoms with van der Waals surface area (Å²) in [5, 5.41) is 0. The monoisotopic (exact) mass is 324 g/mol. The third-order valence-corrected chi connectivity index (χ3v) is 4.05. The van der Waals surface area contributed by atoms with Gasteiger partial charge in [0.25, 0.3) is 0 Å². The van der Waals surface area contributed by atoms with Crippen LogP contribution in [-0.2, 0) is 0 Å². The van der Waals surface area contributed by atoms with Crippen molar-refractivity contribution in [1.82, 2.24) is 0 Å². The van der Waals surface area contributed by atoms with Gasteiger partial charge in [-0.2, -0.15) is 0 Å². The highest BCUT2D eigenvalue weighted by Crippen LogP contribution is 2.34. The summed E-state index contributed by atoms with van der Waals surface area (Å²) in [7, 11) is 0. The lowest BCUT2D eigenvalue weighted by molar-refractivity contribution is 1.54. The molecule has 124 valence electrons. The zero-order valence-corrected chi connectivity index (χ0v) is 14.8. The highest BCUT2D eigenvalue weighted by Gasteiger charge is 2.09. The van der Waals surface area contributed by atoms with Crippen LogP contribution in [0.25, 0.3) is 27.8 Å². The Kier molecular flexibility index (Phi) is 6.74. The quantitative estimate of drug-likeness (QED) is 0.346. The second-order valence-corrected chi connectivity index (χ2v) is 5.44. The van der Waals surface area contributed by atoms with Crippen LogP contribution in [0.2, 0.25) is 0 Å². The Hall–Kier alpha value is -3.12. The first kappa shape index (κ1) is 18.2. The van der Waals surface area contributed by atoms with Gasteiger partial charge in [0.05, 0.1) is 0 Å². The molecule has 0 aliphatic carbocycles. The molecular formula is C25H24. The standard InChI is InChI=1S/C23H20.C2H4/c1-3-18(4-2)21-15-16-22(19-11-7-5-8-12-19)23(17-21)20-13-9-6-10-14-20;1-2/h3-17H,1H2,2H3;1-2H2/b18-4+;. The van der Waals surface area contributed by atoms with Crippen LogP contribution < -0.4 is 0 Å². The molecule has 0 N–H and O–H groups in total. The number of rotatable bonds is 4. The van der Waals surface area contributed by atoms with Crippen molar-refractivity contribution in [2.24, 2.45) is 0 Å². The third kappa shape index (κ3) is 4.24. The highest BCUT2D eigenvalue weighted by atomic mass is 14.1. The lowest BCUT2D eigenvalue weighted by atomic mass is 9.91. The summed E-state index contributed by atoms with van der Waals surface area (Å²) in [5.74, 6) is 0. The number of hydrogen-bond donors (Lipinski definition) is 0. The van der Waals surface area contributed by atoms with Crippen molar-refractivity contribution in [3.63, 3.8) is 0 Å². The molecular weight excluding hydrogens is 300 g/mol. The van der Waals surface area contributed by atoms with Gasteiger partial charge in [0.1, 0.15) is 0 Å². The van der Waals surface area contributed by atoms with Gasteiger partial charge >= 0.3 is 0 Å². The average molecular weight is 324 g/mol. The first-order valence-electron chi connectivity index (χ1n) is 8.37. The molecule has 0 saturated carbocycles. The Balaban J connectivity index is 0.00000109. The second kappa shape index (κ2) is 9.24. The molecule has 0 fully saturated rings. The maximum absolute atomic E-state index is 3.92. The minimum atomic E-state index is 1.15. The first-order valence-corrected chi connectivity index (χ1v) is 8.37. The molecule has 0 aliphatic rings. The molecule has 0 spiro atoms. The fraction of sp³-hybridized carbons (Fsp3) is 0.0400. The topological polar surface area (TPSA) is 0 Å². The molecule has 0 saturated heterocycles. The smallest absolute Gasteiger partial charge is 0.00992 e. The van der Waals surface area contributed by atoms with Crippen LogP contribution in [0.4, 0.5) is 0 Å². The Morgan fingerprint density at radius 3 is 1.72 bits per heavy atom. The van der Waals surface area contributed by atoms with Crippen LogP contribution in [0, 0.1) is 0 Å². The van der Waals surface area contributed by atoms with Crippen molar-refractivity contribution in [3.05, 3.63) is 116 Å². The zero-order valence-electron chi connectivity index (χ0n) is 14.8. The van der Waals surface area contributed by atoms with E-state index < -0.39 is 0 Å². The average Bonchev–Trinajstić information content (AvgIpc) is 2.72. The second-order valence-electron chi connectivity index (χ2n) is 5.44. The maximum Gasteiger partial charge on any atom is -0.00992 e. The molecule has 3 aromatic rings. The van der Waals surface area contributed by atoms with Crippen LogP contribution in [-0.4, -0.2) is 0 Å². The van der Waals surface area contributed by atoms with Gasteiger partial charge in [-0.05, 0) is 46.4 Å². The van der Waals surface area contributed by atoms with Crippen molar-refractivity contribution < 1.29 is 0 Å². The minimum absolute atomic E-state index is 1.15. The minimum Gasteiger partial charge on any atom is -0.106 e. The van der Waals surface area contributed by atoms with Crippen LogP contribution in [0.3, 0.4) is 0 Å². The fourth-order valence-electron chi connectivity index (χ4n) is 2.85. The summed E-state index contributed by atoms with van der Waals surface area (Å²) >= 11 is 0. The van der Waals surface area contributed by atoms with Gasteiger partial charge in [-0.15, -0.1) is 13.2 Å². The molecule has 0 unspecified atom stereocenters. The Bertz CT molecular complexity index is 840. The molecule has 0 nitrogen and oxygen atoms in total. The van der Waals surface area contributed by atoms with Gasteiger partial charge in [-0.3, -0.25) is 0 Å². The van der Waals surface area contributed by atoms with Crippen LogP contribution in [0.1, 0.15) is 12.5 Å². The zero-order chi connectivity index (χ0) is 18.1. The van der Waals surface area contributed by atoms with Gasteiger partial charge in [0, 0.05) is 0 Å². The summed E-state index contributed by atoms with van der Waals surface area (Å²) in [6.45, 7) is 12.0. The molecule has 25 heavy (non-hydrogen) atoms. The summed E-state index contributed by atoms with van der Waals surface area (Å²) in [5.41, 5.74) is 7.31. The molecule has 0 bridgehead atoms. The number of allylic oxidation sites excluding steroid dienone is 3. The van der Waals surface area contributed by atoms with Gasteiger partial charge in [-0.1, -0.05) is 91.5 Å². The third-order valence-electron chi connectivity index (χ3n) is 4.05. The molecule has 0 amide bonds. The van der Waals surface area contributed by atoms with E-state index >= 15 is 0 Å². The van der Waals surface area contributed by atoms with E-state index in [1.165, 1.54) is 27.8 Å². The Morgan fingerprint density at radius 1 is 0.720 bits per heavy atom. The van der Waals surface area contributed by atoms with Gasteiger partial charge in [-0.25, -0.2) is 0 Å².